The predicted octanol–water partition coefficient (Wildman–Crippen LogP) is 0.716. The van der Waals surface area contributed by atoms with E-state index in [0.717, 1.165) is 12.8 Å². The van der Waals surface area contributed by atoms with Crippen molar-refractivity contribution in [2.75, 3.05) is 13.1 Å². The molecule has 2 rings (SSSR count). The molecule has 1 aliphatic carbocycles. The Balaban J connectivity index is 0.000000980. The van der Waals surface area contributed by atoms with Gasteiger partial charge in [-0.3, -0.25) is 4.79 Å². The summed E-state index contributed by atoms with van der Waals surface area (Å²) in [7, 11) is 0. The molecule has 1 saturated heterocycles. The second-order valence-electron chi connectivity index (χ2n) is 4.34. The second-order valence-corrected chi connectivity index (χ2v) is 4.34. The molecule has 0 bridgehead atoms. The Labute approximate surface area is 89.2 Å². The van der Waals surface area contributed by atoms with Gasteiger partial charge in [0, 0.05) is 12.0 Å². The van der Waals surface area contributed by atoms with E-state index in [9.17, 15) is 9.18 Å². The third kappa shape index (κ3) is 1.73. The fraction of sp³-hybridized carbons (Fsp3) is 0.889. The SMILES string of the molecule is C[C@@H](N)C(=O)N1CC(F)C2(CC2)C1.Cl. The van der Waals surface area contributed by atoms with Crippen molar-refractivity contribution >= 4 is 18.3 Å². The number of hydrogen-bond acceptors (Lipinski definition) is 2. The van der Waals surface area contributed by atoms with Crippen molar-refractivity contribution < 1.29 is 9.18 Å². The second kappa shape index (κ2) is 3.66. The first kappa shape index (κ1) is 11.7. The molecule has 2 atom stereocenters. The Morgan fingerprint density at radius 1 is 1.64 bits per heavy atom. The number of carbonyl (C=O) groups is 1. The lowest BCUT2D eigenvalue weighted by Crippen LogP contribution is -2.41. The lowest BCUT2D eigenvalue weighted by Gasteiger charge is -2.17. The fourth-order valence-corrected chi connectivity index (χ4v) is 2.02. The first-order valence-corrected chi connectivity index (χ1v) is 4.74. The highest BCUT2D eigenvalue weighted by atomic mass is 35.5. The van der Waals surface area contributed by atoms with Crippen LogP contribution in [0.15, 0.2) is 0 Å². The van der Waals surface area contributed by atoms with E-state index < -0.39 is 12.2 Å². The molecule has 0 aromatic heterocycles. The normalized spacial score (nSPS) is 29.9. The van der Waals surface area contributed by atoms with Gasteiger partial charge in [-0.05, 0) is 19.8 Å². The van der Waals surface area contributed by atoms with E-state index >= 15 is 0 Å². The number of amides is 1. The average molecular weight is 223 g/mol. The zero-order valence-corrected chi connectivity index (χ0v) is 9.02. The minimum Gasteiger partial charge on any atom is -0.338 e. The van der Waals surface area contributed by atoms with Gasteiger partial charge in [-0.25, -0.2) is 4.39 Å². The highest BCUT2D eigenvalue weighted by molar-refractivity contribution is 5.85. The van der Waals surface area contributed by atoms with Crippen molar-refractivity contribution in [2.45, 2.75) is 32.0 Å². The van der Waals surface area contributed by atoms with Gasteiger partial charge in [-0.1, -0.05) is 0 Å². The lowest BCUT2D eigenvalue weighted by atomic mass is 10.1. The molecule has 2 N–H and O–H groups in total. The van der Waals surface area contributed by atoms with Gasteiger partial charge >= 0.3 is 0 Å². The molecule has 1 heterocycles. The molecule has 1 amide bonds. The quantitative estimate of drug-likeness (QED) is 0.711. The Kier molecular flexibility index (Phi) is 3.07. The van der Waals surface area contributed by atoms with Gasteiger partial charge in [0.15, 0.2) is 0 Å². The van der Waals surface area contributed by atoms with Crippen LogP contribution in [0.25, 0.3) is 0 Å². The van der Waals surface area contributed by atoms with Gasteiger partial charge < -0.3 is 10.6 Å². The maximum absolute atomic E-state index is 13.4. The van der Waals surface area contributed by atoms with Crippen LogP contribution in [-0.2, 0) is 4.79 Å². The van der Waals surface area contributed by atoms with Crippen LogP contribution >= 0.6 is 12.4 Å². The molecule has 0 aromatic carbocycles. The zero-order chi connectivity index (χ0) is 9.64. The van der Waals surface area contributed by atoms with E-state index in [1.807, 2.05) is 0 Å². The van der Waals surface area contributed by atoms with E-state index in [4.69, 9.17) is 5.73 Å². The number of halogens is 2. The van der Waals surface area contributed by atoms with Crippen LogP contribution in [-0.4, -0.2) is 36.1 Å². The molecule has 1 unspecified atom stereocenters. The molecular formula is C9H16ClFN2O. The molecule has 1 saturated carbocycles. The molecular weight excluding hydrogens is 207 g/mol. The molecule has 1 aliphatic heterocycles. The minimum atomic E-state index is -0.824. The lowest BCUT2D eigenvalue weighted by molar-refractivity contribution is -0.131. The largest absolute Gasteiger partial charge is 0.338 e. The summed E-state index contributed by atoms with van der Waals surface area (Å²) in [5.74, 6) is -0.119. The third-order valence-electron chi connectivity index (χ3n) is 3.14. The van der Waals surface area contributed by atoms with Crippen molar-refractivity contribution in [3.8, 4) is 0 Å². The number of nitrogens with zero attached hydrogens (tertiary/aromatic N) is 1. The molecule has 0 radical (unpaired) electrons. The topological polar surface area (TPSA) is 46.3 Å². The van der Waals surface area contributed by atoms with Crippen LogP contribution in [0.1, 0.15) is 19.8 Å². The summed E-state index contributed by atoms with van der Waals surface area (Å²) in [6.45, 7) is 2.47. The molecule has 14 heavy (non-hydrogen) atoms. The number of rotatable bonds is 1. The van der Waals surface area contributed by atoms with E-state index in [0.29, 0.717) is 6.54 Å². The minimum absolute atomic E-state index is 0. The number of alkyl halides is 1. The van der Waals surface area contributed by atoms with E-state index in [1.165, 1.54) is 0 Å². The highest BCUT2D eigenvalue weighted by Gasteiger charge is 2.56. The van der Waals surface area contributed by atoms with Crippen molar-refractivity contribution in [1.29, 1.82) is 0 Å². The maximum Gasteiger partial charge on any atom is 0.239 e. The standard InChI is InChI=1S/C9H15FN2O.ClH/c1-6(11)8(13)12-4-7(10)9(5-12)2-3-9;/h6-7H,2-5,11H2,1H3;1H/t6-,7?;/m1./s1. The number of likely N-dealkylation sites (tertiary alicyclic amines) is 1. The van der Waals surface area contributed by atoms with Gasteiger partial charge in [0.05, 0.1) is 12.6 Å². The zero-order valence-electron chi connectivity index (χ0n) is 8.20. The summed E-state index contributed by atoms with van der Waals surface area (Å²) >= 11 is 0. The van der Waals surface area contributed by atoms with Crippen LogP contribution < -0.4 is 5.73 Å². The van der Waals surface area contributed by atoms with E-state index in [-0.39, 0.29) is 30.3 Å². The summed E-state index contributed by atoms with van der Waals surface area (Å²) in [4.78, 5) is 13.0. The predicted molar refractivity (Wildman–Crippen MR) is 54.0 cm³/mol. The van der Waals surface area contributed by atoms with Crippen LogP contribution in [0.5, 0.6) is 0 Å². The van der Waals surface area contributed by atoms with E-state index in [1.54, 1.807) is 11.8 Å². The molecule has 2 aliphatic rings. The summed E-state index contributed by atoms with van der Waals surface area (Å²) in [6, 6.07) is -0.499. The Hall–Kier alpha value is -0.350. The van der Waals surface area contributed by atoms with Crippen LogP contribution in [0.3, 0.4) is 0 Å². The van der Waals surface area contributed by atoms with Crippen molar-refractivity contribution in [3.63, 3.8) is 0 Å². The Morgan fingerprint density at radius 3 is 2.57 bits per heavy atom. The molecule has 2 fully saturated rings. The van der Waals surface area contributed by atoms with Crippen LogP contribution in [0, 0.1) is 5.41 Å². The monoisotopic (exact) mass is 222 g/mol. The number of hydrogen-bond donors (Lipinski definition) is 1. The fourth-order valence-electron chi connectivity index (χ4n) is 2.02. The summed E-state index contributed by atoms with van der Waals surface area (Å²) in [5, 5.41) is 0. The smallest absolute Gasteiger partial charge is 0.239 e. The maximum atomic E-state index is 13.4. The van der Waals surface area contributed by atoms with Gasteiger partial charge in [0.2, 0.25) is 5.91 Å². The van der Waals surface area contributed by atoms with Crippen molar-refractivity contribution in [1.82, 2.24) is 4.90 Å². The van der Waals surface area contributed by atoms with Gasteiger partial charge in [-0.15, -0.1) is 12.4 Å². The first-order chi connectivity index (χ1) is 6.05. The summed E-state index contributed by atoms with van der Waals surface area (Å²) < 4.78 is 13.4. The molecule has 5 heteroatoms. The molecule has 1 spiro atoms. The van der Waals surface area contributed by atoms with Gasteiger partial charge in [0.1, 0.15) is 6.17 Å². The van der Waals surface area contributed by atoms with Crippen molar-refractivity contribution in [3.05, 3.63) is 0 Å². The molecule has 3 nitrogen and oxygen atoms in total. The Bertz CT molecular complexity index is 243. The number of nitrogens with two attached hydrogens (primary N) is 1. The van der Waals surface area contributed by atoms with Gasteiger partial charge in [-0.2, -0.15) is 0 Å². The first-order valence-electron chi connectivity index (χ1n) is 4.74. The van der Waals surface area contributed by atoms with Crippen LogP contribution in [0.4, 0.5) is 4.39 Å². The summed E-state index contributed by atoms with van der Waals surface area (Å²) in [6.07, 6.45) is 1.03. The molecule has 82 valence electrons. The van der Waals surface area contributed by atoms with Gasteiger partial charge in [0.25, 0.3) is 0 Å². The highest BCUT2D eigenvalue weighted by Crippen LogP contribution is 2.54. The van der Waals surface area contributed by atoms with Crippen molar-refractivity contribution in [2.24, 2.45) is 11.1 Å². The van der Waals surface area contributed by atoms with Crippen LogP contribution in [0.2, 0.25) is 0 Å². The van der Waals surface area contributed by atoms with E-state index in [2.05, 4.69) is 0 Å². The third-order valence-corrected chi connectivity index (χ3v) is 3.14. The molecule has 0 aromatic rings. The Morgan fingerprint density at radius 2 is 2.21 bits per heavy atom. The summed E-state index contributed by atoms with van der Waals surface area (Å²) in [5.41, 5.74) is 5.28. The number of carbonyl (C=O) groups excluding carboxylic acids is 1. The average Bonchev–Trinajstić information content (AvgIpc) is 2.75.